The molecule has 0 aliphatic heterocycles. The van der Waals surface area contributed by atoms with E-state index >= 15 is 0 Å². The van der Waals surface area contributed by atoms with Gasteiger partial charge in [0.1, 0.15) is 0 Å². The normalized spacial score (nSPS) is 24.3. The zero-order chi connectivity index (χ0) is 19.7. The molecule has 2 saturated carbocycles. The smallest absolute Gasteiger partial charge is 0.230 e. The molecule has 0 saturated heterocycles. The van der Waals surface area contributed by atoms with Gasteiger partial charge in [-0.05, 0) is 81.0 Å². The number of hydrogen-bond donors (Lipinski definition) is 2. The van der Waals surface area contributed by atoms with Gasteiger partial charge in [-0.1, -0.05) is 35.6 Å². The molecule has 0 radical (unpaired) electrons. The first-order valence-corrected chi connectivity index (χ1v) is 11.9. The number of hydrogen-bond acceptors (Lipinski definition) is 6. The number of nitrogens with zero attached hydrogens (tertiary/aromatic N) is 2. The Balaban J connectivity index is 1.24. The summed E-state index contributed by atoms with van der Waals surface area (Å²) in [6.07, 6.45) is 5.42. The SMILES string of the molecule is Cc1ccc(Nc2nnc(SCC(=O)NC(C)C3CC4CCC3C4)s2)cc1C. The van der Waals surface area contributed by atoms with Crippen LogP contribution in [0.4, 0.5) is 10.8 Å². The van der Waals surface area contributed by atoms with Crippen molar-refractivity contribution in [2.45, 2.75) is 56.8 Å². The predicted molar refractivity (Wildman–Crippen MR) is 116 cm³/mol. The van der Waals surface area contributed by atoms with Crippen LogP contribution < -0.4 is 10.6 Å². The van der Waals surface area contributed by atoms with Gasteiger partial charge in [-0.2, -0.15) is 0 Å². The molecule has 2 aliphatic rings. The highest BCUT2D eigenvalue weighted by molar-refractivity contribution is 8.01. The Bertz CT molecular complexity index is 853. The fourth-order valence-corrected chi connectivity index (χ4v) is 6.28. The molecule has 1 aromatic carbocycles. The van der Waals surface area contributed by atoms with Crippen LogP contribution in [0.15, 0.2) is 22.5 Å². The number of carbonyl (C=O) groups excluding carboxylic acids is 1. The highest BCUT2D eigenvalue weighted by Crippen LogP contribution is 2.49. The number of anilines is 2. The molecule has 4 atom stereocenters. The summed E-state index contributed by atoms with van der Waals surface area (Å²) in [7, 11) is 0. The van der Waals surface area contributed by atoms with Gasteiger partial charge < -0.3 is 10.6 Å². The summed E-state index contributed by atoms with van der Waals surface area (Å²) in [5.74, 6) is 2.90. The number of nitrogens with one attached hydrogen (secondary N) is 2. The Kier molecular flexibility index (Phi) is 5.92. The van der Waals surface area contributed by atoms with Crippen LogP contribution in [0.5, 0.6) is 0 Å². The van der Waals surface area contributed by atoms with Crippen LogP contribution in [0.1, 0.15) is 43.7 Å². The summed E-state index contributed by atoms with van der Waals surface area (Å²) >= 11 is 2.94. The maximum absolute atomic E-state index is 12.4. The van der Waals surface area contributed by atoms with Gasteiger partial charge in [0.2, 0.25) is 11.0 Å². The first kappa shape index (κ1) is 19.7. The maximum Gasteiger partial charge on any atom is 0.230 e. The van der Waals surface area contributed by atoms with Crippen molar-refractivity contribution >= 4 is 39.8 Å². The molecule has 2 aliphatic carbocycles. The molecule has 2 N–H and O–H groups in total. The number of amides is 1. The van der Waals surface area contributed by atoms with Gasteiger partial charge in [0.25, 0.3) is 0 Å². The lowest BCUT2D eigenvalue weighted by molar-refractivity contribution is -0.119. The van der Waals surface area contributed by atoms with Gasteiger partial charge in [-0.3, -0.25) is 4.79 Å². The van der Waals surface area contributed by atoms with Crippen LogP contribution in [0.2, 0.25) is 0 Å². The molecule has 150 valence electrons. The predicted octanol–water partition coefficient (Wildman–Crippen LogP) is 4.93. The molecule has 2 aromatic rings. The molecule has 2 fully saturated rings. The Morgan fingerprint density at radius 1 is 1.25 bits per heavy atom. The minimum Gasteiger partial charge on any atom is -0.353 e. The van der Waals surface area contributed by atoms with E-state index in [1.54, 1.807) is 0 Å². The minimum absolute atomic E-state index is 0.0964. The van der Waals surface area contributed by atoms with Gasteiger partial charge in [-0.15, -0.1) is 10.2 Å². The van der Waals surface area contributed by atoms with E-state index in [9.17, 15) is 4.79 Å². The van der Waals surface area contributed by atoms with E-state index in [1.165, 1.54) is 59.9 Å². The monoisotopic (exact) mass is 416 g/mol. The number of carbonyl (C=O) groups is 1. The van der Waals surface area contributed by atoms with Gasteiger partial charge >= 0.3 is 0 Å². The van der Waals surface area contributed by atoms with Crippen LogP contribution in [0, 0.1) is 31.6 Å². The maximum atomic E-state index is 12.4. The first-order valence-electron chi connectivity index (χ1n) is 10.1. The lowest BCUT2D eigenvalue weighted by atomic mass is 9.84. The van der Waals surface area contributed by atoms with Crippen molar-refractivity contribution in [2.75, 3.05) is 11.1 Å². The highest BCUT2D eigenvalue weighted by atomic mass is 32.2. The molecule has 2 bridgehead atoms. The van der Waals surface area contributed by atoms with Gasteiger partial charge in [-0.25, -0.2) is 0 Å². The van der Waals surface area contributed by atoms with Crippen LogP contribution in [0.25, 0.3) is 0 Å². The zero-order valence-corrected chi connectivity index (χ0v) is 18.3. The fourth-order valence-electron chi connectivity index (χ4n) is 4.70. The Labute approximate surface area is 175 Å². The molecule has 1 heterocycles. The third-order valence-corrected chi connectivity index (χ3v) is 8.29. The second kappa shape index (κ2) is 8.41. The van der Waals surface area contributed by atoms with Crippen LogP contribution in [-0.2, 0) is 4.79 Å². The average molecular weight is 417 g/mol. The number of aromatic nitrogens is 2. The van der Waals surface area contributed by atoms with Crippen molar-refractivity contribution in [3.05, 3.63) is 29.3 Å². The summed E-state index contributed by atoms with van der Waals surface area (Å²) < 4.78 is 0.814. The lowest BCUT2D eigenvalue weighted by Crippen LogP contribution is -2.40. The Morgan fingerprint density at radius 2 is 2.11 bits per heavy atom. The minimum atomic E-state index is 0.0964. The lowest BCUT2D eigenvalue weighted by Gasteiger charge is -2.28. The molecule has 1 aromatic heterocycles. The van der Waals surface area contributed by atoms with Crippen molar-refractivity contribution in [3.8, 4) is 0 Å². The number of fused-ring (bicyclic) bond motifs is 2. The summed E-state index contributed by atoms with van der Waals surface area (Å²) in [6.45, 7) is 6.37. The van der Waals surface area contributed by atoms with Gasteiger partial charge in [0, 0.05) is 11.7 Å². The molecular weight excluding hydrogens is 388 g/mol. The molecule has 4 rings (SSSR count). The standard InChI is InChI=1S/C21H28N4OS2/c1-12-4-7-17(8-13(12)2)23-20-24-25-21(28-20)27-11-19(26)22-14(3)18-10-15-5-6-16(18)9-15/h4,7-8,14-16,18H,5-6,9-11H2,1-3H3,(H,22,26)(H,23,24). The third kappa shape index (κ3) is 4.51. The quantitative estimate of drug-likeness (QED) is 0.626. The Hall–Kier alpha value is -1.60. The first-order chi connectivity index (χ1) is 13.5. The van der Waals surface area contributed by atoms with Crippen molar-refractivity contribution < 1.29 is 4.79 Å². The van der Waals surface area contributed by atoms with E-state index in [4.69, 9.17) is 0 Å². The summed E-state index contributed by atoms with van der Waals surface area (Å²) in [5, 5.41) is 15.7. The van der Waals surface area contributed by atoms with Crippen molar-refractivity contribution in [2.24, 2.45) is 17.8 Å². The van der Waals surface area contributed by atoms with Crippen molar-refractivity contribution in [3.63, 3.8) is 0 Å². The Morgan fingerprint density at radius 3 is 2.82 bits per heavy atom. The van der Waals surface area contributed by atoms with Crippen molar-refractivity contribution in [1.29, 1.82) is 0 Å². The highest BCUT2D eigenvalue weighted by Gasteiger charge is 2.42. The van der Waals surface area contributed by atoms with Crippen LogP contribution >= 0.6 is 23.1 Å². The van der Waals surface area contributed by atoms with E-state index in [0.29, 0.717) is 11.7 Å². The van der Waals surface area contributed by atoms with E-state index < -0.39 is 0 Å². The zero-order valence-electron chi connectivity index (χ0n) is 16.7. The molecular formula is C21H28N4OS2. The van der Waals surface area contributed by atoms with E-state index in [-0.39, 0.29) is 11.9 Å². The largest absolute Gasteiger partial charge is 0.353 e. The number of benzene rings is 1. The van der Waals surface area contributed by atoms with Crippen LogP contribution in [0.3, 0.4) is 0 Å². The molecule has 1 amide bonds. The van der Waals surface area contributed by atoms with Gasteiger partial charge in [0.05, 0.1) is 5.75 Å². The third-order valence-electron chi connectivity index (χ3n) is 6.32. The van der Waals surface area contributed by atoms with E-state index in [2.05, 4.69) is 53.7 Å². The average Bonchev–Trinajstić information content (AvgIpc) is 3.40. The summed E-state index contributed by atoms with van der Waals surface area (Å²) in [4.78, 5) is 12.4. The molecule has 0 spiro atoms. The molecule has 4 unspecified atom stereocenters. The molecule has 7 heteroatoms. The van der Waals surface area contributed by atoms with E-state index in [1.807, 2.05) is 6.07 Å². The topological polar surface area (TPSA) is 66.9 Å². The second-order valence-electron chi connectivity index (χ2n) is 8.28. The summed E-state index contributed by atoms with van der Waals surface area (Å²) in [6, 6.07) is 6.52. The molecule has 5 nitrogen and oxygen atoms in total. The number of thioether (sulfide) groups is 1. The van der Waals surface area contributed by atoms with Crippen LogP contribution in [-0.4, -0.2) is 27.9 Å². The number of aryl methyl sites for hydroxylation is 2. The van der Waals surface area contributed by atoms with E-state index in [0.717, 1.165) is 27.0 Å². The number of rotatable bonds is 7. The second-order valence-corrected chi connectivity index (χ2v) is 10.5. The van der Waals surface area contributed by atoms with Crippen molar-refractivity contribution in [1.82, 2.24) is 15.5 Å². The summed E-state index contributed by atoms with van der Waals surface area (Å²) in [5.41, 5.74) is 3.52. The fraction of sp³-hybridized carbons (Fsp3) is 0.571. The molecule has 28 heavy (non-hydrogen) atoms. The van der Waals surface area contributed by atoms with Gasteiger partial charge in [0.15, 0.2) is 4.34 Å².